The monoisotopic (exact) mass is 1180 g/mol. The molecule has 6 rings (SSSR count). The SMILES string of the molecule is FC(F)(F)c1cc([B-](c2cc(C(F)(F)F)cc(C(F)(F)F)c2)(c2cc(C(F)(F)F)cc(C(F)(F)F)c2)c2cc(C(F)(F)F)cc(C(F)(F)F)c2)cc(C(F)(F)F)c1.O=C(C[n+]1ccc(C(Cl)(Cl)Cl)cc1)c1ccccc1. The molecule has 410 valence electrons. The van der Waals surface area contributed by atoms with Crippen LogP contribution < -0.4 is 26.4 Å². The zero-order valence-corrected chi connectivity index (χ0v) is 38.7. The third kappa shape index (κ3) is 14.4. The molecule has 0 unspecified atom stereocenters. The van der Waals surface area contributed by atoms with Gasteiger partial charge in [-0.15, -0.1) is 0 Å². The molecule has 0 fully saturated rings. The Morgan fingerprint density at radius 3 is 0.763 bits per heavy atom. The second-order valence-electron chi connectivity index (χ2n) is 16.3. The Morgan fingerprint density at radius 1 is 0.342 bits per heavy atom. The van der Waals surface area contributed by atoms with Gasteiger partial charge in [-0.3, -0.25) is 4.79 Å². The number of nitrogens with zero attached hydrogens (tertiary/aromatic N) is 1. The average Bonchev–Trinajstić information content (AvgIpc) is 3.27. The number of hydrogen-bond donors (Lipinski definition) is 0. The molecule has 0 aliphatic rings. The summed E-state index contributed by atoms with van der Waals surface area (Å²) in [6, 6.07) is 3.69. The van der Waals surface area contributed by atoms with Gasteiger partial charge in [-0.25, -0.2) is 0 Å². The number of halogens is 27. The minimum Gasteiger partial charge on any atom is -0.287 e. The number of benzene rings is 5. The lowest BCUT2D eigenvalue weighted by Crippen LogP contribution is -2.75. The topological polar surface area (TPSA) is 20.9 Å². The molecule has 0 spiro atoms. The van der Waals surface area contributed by atoms with Crippen LogP contribution >= 0.6 is 34.8 Å². The van der Waals surface area contributed by atoms with Crippen molar-refractivity contribution in [2.45, 2.75) is 59.7 Å². The van der Waals surface area contributed by atoms with E-state index >= 15 is 0 Å². The maximum atomic E-state index is 14.2. The second kappa shape index (κ2) is 20.9. The zero-order valence-electron chi connectivity index (χ0n) is 36.5. The molecular weight excluding hydrogens is 1160 g/mol. The van der Waals surface area contributed by atoms with Gasteiger partial charge in [0.2, 0.25) is 16.1 Å². The largest absolute Gasteiger partial charge is 0.416 e. The Morgan fingerprint density at radius 2 is 0.566 bits per heavy atom. The van der Waals surface area contributed by atoms with E-state index in [4.69, 9.17) is 34.8 Å². The molecule has 5 aromatic carbocycles. The first-order valence-electron chi connectivity index (χ1n) is 20.2. The van der Waals surface area contributed by atoms with E-state index < -0.39 is 199 Å². The molecule has 0 atom stereocenters. The van der Waals surface area contributed by atoms with Crippen LogP contribution in [0.2, 0.25) is 0 Å². The van der Waals surface area contributed by atoms with E-state index in [1.54, 1.807) is 41.2 Å². The van der Waals surface area contributed by atoms with Crippen LogP contribution in [0.5, 0.6) is 0 Å². The molecule has 0 saturated carbocycles. The van der Waals surface area contributed by atoms with E-state index in [1.165, 1.54) is 0 Å². The summed E-state index contributed by atoms with van der Waals surface area (Å²) >= 11 is 17.3. The van der Waals surface area contributed by atoms with Crippen LogP contribution in [0.3, 0.4) is 0 Å². The maximum Gasteiger partial charge on any atom is 0.416 e. The summed E-state index contributed by atoms with van der Waals surface area (Å²) in [7, 11) is 0. The number of rotatable bonds is 7. The summed E-state index contributed by atoms with van der Waals surface area (Å²) in [5.74, 6) is 0.0345. The van der Waals surface area contributed by atoms with Crippen LogP contribution in [0, 0.1) is 0 Å². The van der Waals surface area contributed by atoms with Crippen LogP contribution in [-0.2, 0) is 59.7 Å². The normalized spacial score (nSPS) is 13.6. The summed E-state index contributed by atoms with van der Waals surface area (Å²) in [6.45, 7) is 0.254. The van der Waals surface area contributed by atoms with Crippen molar-refractivity contribution >= 4 is 68.6 Å². The smallest absolute Gasteiger partial charge is 0.287 e. The van der Waals surface area contributed by atoms with Crippen molar-refractivity contribution in [2.75, 3.05) is 0 Å². The molecular formula is C46H23BCl3F24NO. The quantitative estimate of drug-likeness (QED) is 0.0513. The third-order valence-corrected chi connectivity index (χ3v) is 11.7. The second-order valence-corrected chi connectivity index (χ2v) is 18.6. The maximum absolute atomic E-state index is 14.2. The number of carbonyl (C=O) groups is 1. The van der Waals surface area contributed by atoms with E-state index in [0.29, 0.717) is 11.1 Å². The van der Waals surface area contributed by atoms with Crippen molar-refractivity contribution in [2.24, 2.45) is 0 Å². The standard InChI is InChI=1S/C32H12BF24.C14H11Cl3NO/c34-25(35,36)13-1-14(26(37,38)39)6-21(5-13)33(22-7-15(27(40,41)42)2-16(8-22)28(43,44)45,23-9-17(29(46,47)48)3-18(10-23)30(49,50)51)24-11-19(31(52,53)54)4-20(12-24)32(55,56)57;15-14(16,17)12-6-8-18(9-7-12)10-13(19)11-4-2-1-3-5-11/h1-12H;1-9H,10H2/q-1;+1. The van der Waals surface area contributed by atoms with Crippen molar-refractivity contribution in [3.63, 3.8) is 0 Å². The summed E-state index contributed by atoms with van der Waals surface area (Å²) in [4.78, 5) is 12.0. The third-order valence-electron chi connectivity index (χ3n) is 11.1. The van der Waals surface area contributed by atoms with Crippen molar-refractivity contribution < 1.29 is 115 Å². The highest BCUT2D eigenvalue weighted by atomic mass is 35.6. The average molecular weight is 1180 g/mol. The Hall–Kier alpha value is -5.83. The molecule has 76 heavy (non-hydrogen) atoms. The van der Waals surface area contributed by atoms with E-state index in [9.17, 15) is 110 Å². The number of alkyl halides is 27. The molecule has 1 heterocycles. The van der Waals surface area contributed by atoms with Gasteiger partial charge in [0.1, 0.15) is 6.15 Å². The van der Waals surface area contributed by atoms with E-state index in [-0.39, 0.29) is 12.3 Å². The lowest BCUT2D eigenvalue weighted by molar-refractivity contribution is -0.683. The summed E-state index contributed by atoms with van der Waals surface area (Å²) in [5, 5.41) is 0. The number of Topliss-reactive ketones (excluding diaryl/α,β-unsaturated/α-hetero) is 1. The number of hydrogen-bond acceptors (Lipinski definition) is 1. The zero-order chi connectivity index (χ0) is 57.8. The van der Waals surface area contributed by atoms with Crippen molar-refractivity contribution in [1.29, 1.82) is 0 Å². The molecule has 2 nitrogen and oxygen atoms in total. The predicted molar refractivity (Wildman–Crippen MR) is 227 cm³/mol. The molecule has 0 aliphatic carbocycles. The number of carbonyl (C=O) groups excluding carboxylic acids is 1. The Bertz CT molecular complexity index is 2620. The minimum atomic E-state index is -6.13. The van der Waals surface area contributed by atoms with Crippen LogP contribution in [0.25, 0.3) is 0 Å². The molecule has 1 aromatic heterocycles. The number of pyridine rings is 1. The van der Waals surface area contributed by atoms with Crippen molar-refractivity contribution in [1.82, 2.24) is 0 Å². The fourth-order valence-corrected chi connectivity index (χ4v) is 8.08. The fraction of sp³-hybridized carbons (Fsp3) is 0.217. The Balaban J connectivity index is 0.000000468. The van der Waals surface area contributed by atoms with Crippen LogP contribution in [0.1, 0.15) is 60.4 Å². The molecule has 0 radical (unpaired) electrons. The lowest BCUT2D eigenvalue weighted by atomic mass is 9.12. The number of aromatic nitrogens is 1. The molecule has 6 aromatic rings. The molecule has 0 aliphatic heterocycles. The Kier molecular flexibility index (Phi) is 16.7. The first-order valence-corrected chi connectivity index (χ1v) is 21.4. The van der Waals surface area contributed by atoms with E-state index in [0.717, 1.165) is 0 Å². The van der Waals surface area contributed by atoms with Gasteiger partial charge in [0.25, 0.3) is 0 Å². The van der Waals surface area contributed by atoms with Gasteiger partial charge < -0.3 is 0 Å². The molecule has 0 amide bonds. The summed E-state index contributed by atoms with van der Waals surface area (Å²) in [5.41, 5.74) is -29.0. The molecule has 0 N–H and O–H groups in total. The molecule has 30 heteroatoms. The van der Waals surface area contributed by atoms with Gasteiger partial charge in [0.15, 0.2) is 12.4 Å². The highest BCUT2D eigenvalue weighted by Crippen LogP contribution is 2.42. The highest BCUT2D eigenvalue weighted by molar-refractivity contribution is 7.20. The van der Waals surface area contributed by atoms with Gasteiger partial charge in [0.05, 0.1) is 44.5 Å². The van der Waals surface area contributed by atoms with E-state index in [2.05, 4.69) is 0 Å². The lowest BCUT2D eigenvalue weighted by Gasteiger charge is -2.46. The van der Waals surface area contributed by atoms with Crippen molar-refractivity contribution in [3.05, 3.63) is 183 Å². The first-order chi connectivity index (χ1) is 34.2. The predicted octanol–water partition coefficient (Wildman–Crippen LogP) is 14.9. The van der Waals surface area contributed by atoms with E-state index in [1.807, 2.05) is 18.2 Å². The highest BCUT2D eigenvalue weighted by Gasteiger charge is 2.47. The number of ketones is 1. The van der Waals surface area contributed by atoms with Crippen molar-refractivity contribution in [3.8, 4) is 0 Å². The van der Waals surface area contributed by atoms with Gasteiger partial charge in [-0.05, 0) is 24.3 Å². The van der Waals surface area contributed by atoms with Gasteiger partial charge >= 0.3 is 49.4 Å². The van der Waals surface area contributed by atoms with Crippen LogP contribution in [0.15, 0.2) is 128 Å². The van der Waals surface area contributed by atoms with Crippen LogP contribution in [-0.4, -0.2) is 11.9 Å². The fourth-order valence-electron chi connectivity index (χ4n) is 7.70. The summed E-state index contributed by atoms with van der Waals surface area (Å²) in [6.07, 6.45) is -51.4. The first kappa shape index (κ1) is 61.0. The Labute approximate surface area is 425 Å². The van der Waals surface area contributed by atoms with Gasteiger partial charge in [0, 0.05) is 23.3 Å². The minimum absolute atomic E-state index is 0.0345. The molecule has 0 bridgehead atoms. The van der Waals surface area contributed by atoms with Gasteiger partial charge in [-0.1, -0.05) is 114 Å². The summed E-state index contributed by atoms with van der Waals surface area (Å²) < 4.78 is 341. The molecule has 0 saturated heterocycles. The van der Waals surface area contributed by atoms with Crippen LogP contribution in [0.4, 0.5) is 105 Å². The van der Waals surface area contributed by atoms with Gasteiger partial charge in [-0.2, -0.15) is 132 Å².